The third-order valence-corrected chi connectivity index (χ3v) is 4.26. The van der Waals surface area contributed by atoms with Crippen LogP contribution in [0.1, 0.15) is 13.0 Å². The Labute approximate surface area is 144 Å². The Kier molecular flexibility index (Phi) is 3.65. The summed E-state index contributed by atoms with van der Waals surface area (Å²) in [6, 6.07) is 12.8. The van der Waals surface area contributed by atoms with Gasteiger partial charge in [0.2, 0.25) is 5.91 Å². The third kappa shape index (κ3) is 2.61. The molecule has 4 rings (SSSR count). The van der Waals surface area contributed by atoms with Gasteiger partial charge in [0.15, 0.2) is 0 Å². The van der Waals surface area contributed by atoms with Gasteiger partial charge in [0.05, 0.1) is 12.8 Å². The lowest BCUT2D eigenvalue weighted by molar-refractivity contribution is -0.119. The fourth-order valence-electron chi connectivity index (χ4n) is 2.89. The van der Waals surface area contributed by atoms with Crippen molar-refractivity contribution in [2.75, 3.05) is 12.4 Å². The normalized spacial score (nSPS) is 12.4. The molecule has 6 heteroatoms. The second-order valence-electron chi connectivity index (χ2n) is 5.80. The highest BCUT2D eigenvalue weighted by atomic mass is 16.5. The Bertz CT molecular complexity index is 1050. The zero-order chi connectivity index (χ0) is 17.4. The molecule has 25 heavy (non-hydrogen) atoms. The molecule has 0 spiro atoms. The van der Waals surface area contributed by atoms with Crippen LogP contribution in [-0.2, 0) is 4.79 Å². The number of carbonyl (C=O) groups is 1. The van der Waals surface area contributed by atoms with E-state index in [-0.39, 0.29) is 5.91 Å². The maximum Gasteiger partial charge on any atom is 0.249 e. The van der Waals surface area contributed by atoms with E-state index in [9.17, 15) is 4.79 Å². The zero-order valence-corrected chi connectivity index (χ0v) is 13.9. The molecule has 126 valence electrons. The van der Waals surface area contributed by atoms with Gasteiger partial charge in [-0.05, 0) is 25.1 Å². The molecule has 2 aromatic heterocycles. The molecular weight excluding hydrogens is 318 g/mol. The second-order valence-corrected chi connectivity index (χ2v) is 5.80. The van der Waals surface area contributed by atoms with Gasteiger partial charge in [-0.2, -0.15) is 5.10 Å². The van der Waals surface area contributed by atoms with Crippen LogP contribution in [0.3, 0.4) is 0 Å². The molecule has 1 N–H and O–H groups in total. The van der Waals surface area contributed by atoms with Crippen molar-refractivity contribution in [3.05, 3.63) is 54.9 Å². The van der Waals surface area contributed by atoms with Gasteiger partial charge in [0.1, 0.15) is 23.0 Å². The molecule has 0 aliphatic carbocycles. The molecule has 4 aromatic rings. The number of furan rings is 1. The first-order valence-corrected chi connectivity index (χ1v) is 7.96. The van der Waals surface area contributed by atoms with Gasteiger partial charge < -0.3 is 14.5 Å². The number of aromatic nitrogens is 2. The number of rotatable bonds is 4. The molecule has 0 saturated carbocycles. The van der Waals surface area contributed by atoms with Crippen LogP contribution in [0.15, 0.2) is 59.3 Å². The highest BCUT2D eigenvalue weighted by Crippen LogP contribution is 2.36. The summed E-state index contributed by atoms with van der Waals surface area (Å²) in [5.74, 6) is 0.400. The fourth-order valence-corrected chi connectivity index (χ4v) is 2.89. The third-order valence-electron chi connectivity index (χ3n) is 4.26. The van der Waals surface area contributed by atoms with Gasteiger partial charge in [-0.3, -0.25) is 9.48 Å². The summed E-state index contributed by atoms with van der Waals surface area (Å²) in [5.41, 5.74) is 2.06. The van der Waals surface area contributed by atoms with E-state index in [1.54, 1.807) is 43.2 Å². The van der Waals surface area contributed by atoms with Crippen molar-refractivity contribution in [3.8, 4) is 5.75 Å². The number of nitrogens with one attached hydrogen (secondary N) is 1. The van der Waals surface area contributed by atoms with Gasteiger partial charge in [0, 0.05) is 29.2 Å². The molecule has 0 saturated heterocycles. The van der Waals surface area contributed by atoms with Gasteiger partial charge in [-0.25, -0.2) is 0 Å². The van der Waals surface area contributed by atoms with Crippen molar-refractivity contribution >= 4 is 33.5 Å². The molecule has 0 aliphatic rings. The SMILES string of the molecule is COc1cc2c(cc1NC(=O)[C@@H](C)n1cccn1)oc1ccccc12. The number of fused-ring (bicyclic) bond motifs is 3. The van der Waals surface area contributed by atoms with Crippen LogP contribution in [-0.4, -0.2) is 22.8 Å². The summed E-state index contributed by atoms with van der Waals surface area (Å²) in [4.78, 5) is 12.5. The largest absolute Gasteiger partial charge is 0.495 e. The van der Waals surface area contributed by atoms with Crippen LogP contribution in [0.2, 0.25) is 0 Å². The standard InChI is InChI=1S/C19H17N3O3/c1-12(22-9-5-8-20-22)19(23)21-15-11-17-14(10-18(15)24-2)13-6-3-4-7-16(13)25-17/h3-12H,1-2H3,(H,21,23)/t12-/m1/s1. The molecule has 0 unspecified atom stereocenters. The van der Waals surface area contributed by atoms with Crippen LogP contribution >= 0.6 is 0 Å². The number of anilines is 1. The van der Waals surface area contributed by atoms with E-state index < -0.39 is 6.04 Å². The van der Waals surface area contributed by atoms with Crippen LogP contribution in [0.4, 0.5) is 5.69 Å². The van der Waals surface area contributed by atoms with E-state index in [4.69, 9.17) is 9.15 Å². The van der Waals surface area contributed by atoms with Crippen molar-refractivity contribution in [1.82, 2.24) is 9.78 Å². The van der Waals surface area contributed by atoms with Crippen molar-refractivity contribution < 1.29 is 13.9 Å². The van der Waals surface area contributed by atoms with Crippen LogP contribution in [0.25, 0.3) is 21.9 Å². The van der Waals surface area contributed by atoms with E-state index >= 15 is 0 Å². The fraction of sp³-hybridized carbons (Fsp3) is 0.158. The summed E-state index contributed by atoms with van der Waals surface area (Å²) in [6.07, 6.45) is 3.40. The number of benzene rings is 2. The number of carbonyl (C=O) groups excluding carboxylic acids is 1. The lowest BCUT2D eigenvalue weighted by atomic mass is 10.1. The van der Waals surface area contributed by atoms with E-state index in [2.05, 4.69) is 10.4 Å². The highest BCUT2D eigenvalue weighted by molar-refractivity contribution is 6.08. The van der Waals surface area contributed by atoms with E-state index in [1.165, 1.54) is 0 Å². The van der Waals surface area contributed by atoms with Gasteiger partial charge >= 0.3 is 0 Å². The van der Waals surface area contributed by atoms with Crippen LogP contribution in [0, 0.1) is 0 Å². The monoisotopic (exact) mass is 335 g/mol. The van der Waals surface area contributed by atoms with E-state index in [1.807, 2.05) is 30.3 Å². The smallest absolute Gasteiger partial charge is 0.249 e. The highest BCUT2D eigenvalue weighted by Gasteiger charge is 2.18. The predicted molar refractivity (Wildman–Crippen MR) is 95.8 cm³/mol. The predicted octanol–water partition coefficient (Wildman–Crippen LogP) is 3.99. The van der Waals surface area contributed by atoms with Crippen molar-refractivity contribution in [1.29, 1.82) is 0 Å². The lowest BCUT2D eigenvalue weighted by Crippen LogP contribution is -2.24. The van der Waals surface area contributed by atoms with Crippen molar-refractivity contribution in [3.63, 3.8) is 0 Å². The molecule has 1 atom stereocenters. The molecular formula is C19H17N3O3. The molecule has 0 bridgehead atoms. The van der Waals surface area contributed by atoms with Crippen molar-refractivity contribution in [2.24, 2.45) is 0 Å². The summed E-state index contributed by atoms with van der Waals surface area (Å²) < 4.78 is 12.9. The second kappa shape index (κ2) is 5.98. The lowest BCUT2D eigenvalue weighted by Gasteiger charge is -2.14. The molecule has 0 radical (unpaired) electrons. The first-order valence-electron chi connectivity index (χ1n) is 7.96. The number of para-hydroxylation sites is 1. The van der Waals surface area contributed by atoms with Gasteiger partial charge in [-0.15, -0.1) is 0 Å². The van der Waals surface area contributed by atoms with E-state index in [0.717, 1.165) is 16.4 Å². The molecule has 2 aromatic carbocycles. The number of ether oxygens (including phenoxy) is 1. The quantitative estimate of drug-likeness (QED) is 0.612. The Morgan fingerprint density at radius 1 is 1.20 bits per heavy atom. The van der Waals surface area contributed by atoms with Crippen LogP contribution < -0.4 is 10.1 Å². The van der Waals surface area contributed by atoms with Crippen LogP contribution in [0.5, 0.6) is 5.75 Å². The maximum atomic E-state index is 12.5. The minimum absolute atomic E-state index is 0.183. The number of nitrogens with zero attached hydrogens (tertiary/aromatic N) is 2. The minimum Gasteiger partial charge on any atom is -0.495 e. The number of methoxy groups -OCH3 is 1. The van der Waals surface area contributed by atoms with E-state index in [0.29, 0.717) is 17.0 Å². The number of hydrogen-bond acceptors (Lipinski definition) is 4. The summed E-state index contributed by atoms with van der Waals surface area (Å²) in [5, 5.41) is 8.97. The average Bonchev–Trinajstić information content (AvgIpc) is 3.27. The molecule has 1 amide bonds. The van der Waals surface area contributed by atoms with Crippen molar-refractivity contribution in [2.45, 2.75) is 13.0 Å². The van der Waals surface area contributed by atoms with Gasteiger partial charge in [0.25, 0.3) is 0 Å². The molecule has 0 aliphatic heterocycles. The number of hydrogen-bond donors (Lipinski definition) is 1. The molecule has 2 heterocycles. The summed E-state index contributed by atoms with van der Waals surface area (Å²) >= 11 is 0. The Hall–Kier alpha value is -3.28. The topological polar surface area (TPSA) is 69.3 Å². The minimum atomic E-state index is -0.439. The summed E-state index contributed by atoms with van der Waals surface area (Å²) in [6.45, 7) is 1.79. The Morgan fingerprint density at radius 3 is 2.80 bits per heavy atom. The molecule has 0 fully saturated rings. The zero-order valence-electron chi connectivity index (χ0n) is 13.9. The molecule has 6 nitrogen and oxygen atoms in total. The first-order chi connectivity index (χ1) is 12.2. The Balaban J connectivity index is 1.73. The Morgan fingerprint density at radius 2 is 2.04 bits per heavy atom. The number of amides is 1. The van der Waals surface area contributed by atoms with Gasteiger partial charge in [-0.1, -0.05) is 18.2 Å². The summed E-state index contributed by atoms with van der Waals surface area (Å²) in [7, 11) is 1.58. The maximum absolute atomic E-state index is 12.5. The average molecular weight is 335 g/mol. The first kappa shape index (κ1) is 15.3.